The molecule has 1 spiro atoms. The van der Waals surface area contributed by atoms with Gasteiger partial charge in [0.05, 0.1) is 23.3 Å². The lowest BCUT2D eigenvalue weighted by atomic mass is 9.79. The molecule has 0 radical (unpaired) electrons. The maximum Gasteiger partial charge on any atom is 0.222 e. The molecule has 0 saturated carbocycles. The number of piperidine rings is 1. The summed E-state index contributed by atoms with van der Waals surface area (Å²) in [6.45, 7) is 6.76. The Morgan fingerprint density at radius 3 is 2.63 bits per heavy atom. The van der Waals surface area contributed by atoms with Crippen molar-refractivity contribution in [2.24, 2.45) is 7.05 Å². The second-order valence-corrected chi connectivity index (χ2v) is 8.09. The lowest BCUT2D eigenvalue weighted by Crippen LogP contribution is -2.55. The smallest absolute Gasteiger partial charge is 0.222 e. The number of aromatic nitrogens is 4. The van der Waals surface area contributed by atoms with Crippen molar-refractivity contribution in [1.29, 1.82) is 0 Å². The van der Waals surface area contributed by atoms with Crippen LogP contribution in [0.2, 0.25) is 0 Å². The molecule has 2 aromatic heterocycles. The zero-order valence-electron chi connectivity index (χ0n) is 16.9. The van der Waals surface area contributed by atoms with Gasteiger partial charge in [0.1, 0.15) is 0 Å². The van der Waals surface area contributed by atoms with Crippen molar-refractivity contribution in [2.45, 2.75) is 51.5 Å². The summed E-state index contributed by atoms with van der Waals surface area (Å²) in [6, 6.07) is 0. The topological polar surface area (TPSA) is 70.0 Å². The van der Waals surface area contributed by atoms with Crippen LogP contribution in [0.3, 0.4) is 0 Å². The van der Waals surface area contributed by atoms with Gasteiger partial charge in [0, 0.05) is 50.9 Å². The first-order valence-corrected chi connectivity index (χ1v) is 9.93. The summed E-state index contributed by atoms with van der Waals surface area (Å²) in [7, 11) is 4.16. The quantitative estimate of drug-likeness (QED) is 0.893. The van der Waals surface area contributed by atoms with Crippen molar-refractivity contribution in [3.05, 3.63) is 34.7 Å². The number of imidazole rings is 1. The van der Waals surface area contributed by atoms with E-state index in [1.165, 1.54) is 17.0 Å². The number of likely N-dealkylation sites (N-methyl/N-ethyl adjacent to an activating group) is 1. The van der Waals surface area contributed by atoms with Crippen LogP contribution in [0.4, 0.5) is 0 Å². The second kappa shape index (κ2) is 6.78. The maximum atomic E-state index is 12.8. The van der Waals surface area contributed by atoms with E-state index in [0.717, 1.165) is 56.7 Å². The van der Waals surface area contributed by atoms with Crippen LogP contribution in [0.5, 0.6) is 0 Å². The number of carbonyl (C=O) groups excluding carboxylic acids is 1. The standard InChI is InChI=1S/C20H30N6O/c1-14-16(15(2)25(4)23-14)5-6-18(27)26-11-8-20(9-12-26)19-17(21-13-22-19)7-10-24(20)3/h13H,5-12H2,1-4H3,(H,21,22). The van der Waals surface area contributed by atoms with Crippen LogP contribution in [0.1, 0.15) is 47.6 Å². The van der Waals surface area contributed by atoms with Crippen LogP contribution in [0.25, 0.3) is 0 Å². The molecule has 2 aromatic rings. The number of rotatable bonds is 3. The first kappa shape index (κ1) is 18.2. The van der Waals surface area contributed by atoms with E-state index >= 15 is 0 Å². The molecule has 1 amide bonds. The molecule has 0 aromatic carbocycles. The zero-order valence-corrected chi connectivity index (χ0v) is 16.9. The number of aryl methyl sites for hydroxylation is 2. The van der Waals surface area contributed by atoms with Crippen molar-refractivity contribution in [3.63, 3.8) is 0 Å². The van der Waals surface area contributed by atoms with Gasteiger partial charge in [-0.3, -0.25) is 14.4 Å². The van der Waals surface area contributed by atoms with Crippen LogP contribution in [0.15, 0.2) is 6.33 Å². The molecule has 0 atom stereocenters. The van der Waals surface area contributed by atoms with Crippen molar-refractivity contribution in [2.75, 3.05) is 26.7 Å². The molecule has 146 valence electrons. The summed E-state index contributed by atoms with van der Waals surface area (Å²) in [4.78, 5) is 25.3. The van der Waals surface area contributed by atoms with E-state index in [9.17, 15) is 4.79 Å². The third-order valence-electron chi connectivity index (χ3n) is 6.78. The van der Waals surface area contributed by atoms with Gasteiger partial charge in [0.15, 0.2) is 0 Å². The van der Waals surface area contributed by atoms with Crippen LogP contribution in [-0.4, -0.2) is 62.1 Å². The normalized spacial score (nSPS) is 19.5. The number of likely N-dealkylation sites (tertiary alicyclic amines) is 1. The number of hydrogen-bond acceptors (Lipinski definition) is 4. The number of carbonyl (C=O) groups is 1. The third-order valence-corrected chi connectivity index (χ3v) is 6.78. The van der Waals surface area contributed by atoms with Gasteiger partial charge in [0.2, 0.25) is 5.91 Å². The van der Waals surface area contributed by atoms with E-state index < -0.39 is 0 Å². The van der Waals surface area contributed by atoms with Gasteiger partial charge >= 0.3 is 0 Å². The summed E-state index contributed by atoms with van der Waals surface area (Å²) >= 11 is 0. The summed E-state index contributed by atoms with van der Waals surface area (Å²) in [5.41, 5.74) is 5.87. The van der Waals surface area contributed by atoms with E-state index in [4.69, 9.17) is 0 Å². The highest BCUT2D eigenvalue weighted by Crippen LogP contribution is 2.41. The second-order valence-electron chi connectivity index (χ2n) is 8.09. The highest BCUT2D eigenvalue weighted by Gasteiger charge is 2.45. The predicted molar refractivity (Wildman–Crippen MR) is 103 cm³/mol. The van der Waals surface area contributed by atoms with Crippen LogP contribution >= 0.6 is 0 Å². The molecule has 1 N–H and O–H groups in total. The van der Waals surface area contributed by atoms with Crippen molar-refractivity contribution in [1.82, 2.24) is 29.5 Å². The Balaban J connectivity index is 1.40. The molecule has 0 aliphatic carbocycles. The van der Waals surface area contributed by atoms with Crippen molar-refractivity contribution >= 4 is 5.91 Å². The molecule has 1 fully saturated rings. The molecule has 2 aliphatic heterocycles. The zero-order chi connectivity index (χ0) is 19.2. The van der Waals surface area contributed by atoms with Crippen molar-refractivity contribution in [3.8, 4) is 0 Å². The molecule has 27 heavy (non-hydrogen) atoms. The lowest BCUT2D eigenvalue weighted by Gasteiger charge is -2.49. The first-order valence-electron chi connectivity index (χ1n) is 9.93. The molecule has 0 unspecified atom stereocenters. The number of H-pyrrole nitrogens is 1. The highest BCUT2D eigenvalue weighted by molar-refractivity contribution is 5.76. The fourth-order valence-corrected chi connectivity index (χ4v) is 4.90. The summed E-state index contributed by atoms with van der Waals surface area (Å²) in [5.74, 6) is 0.258. The van der Waals surface area contributed by atoms with Crippen LogP contribution in [0, 0.1) is 13.8 Å². The van der Waals surface area contributed by atoms with E-state index in [1.807, 2.05) is 29.9 Å². The van der Waals surface area contributed by atoms with Gasteiger partial charge in [-0.2, -0.15) is 5.10 Å². The van der Waals surface area contributed by atoms with Gasteiger partial charge in [-0.1, -0.05) is 0 Å². The van der Waals surface area contributed by atoms with Crippen molar-refractivity contribution < 1.29 is 4.79 Å². The van der Waals surface area contributed by atoms with Gasteiger partial charge in [-0.25, -0.2) is 4.98 Å². The summed E-state index contributed by atoms with van der Waals surface area (Å²) in [5, 5.41) is 4.46. The number of aromatic amines is 1. The minimum atomic E-state index is -0.0130. The molecule has 4 heterocycles. The van der Waals surface area contributed by atoms with E-state index in [0.29, 0.717) is 6.42 Å². The highest BCUT2D eigenvalue weighted by atomic mass is 16.2. The van der Waals surface area contributed by atoms with Gasteiger partial charge in [0.25, 0.3) is 0 Å². The van der Waals surface area contributed by atoms with E-state index in [2.05, 4.69) is 33.9 Å². The monoisotopic (exact) mass is 370 g/mol. The summed E-state index contributed by atoms with van der Waals surface area (Å²) < 4.78 is 1.90. The van der Waals surface area contributed by atoms with E-state index in [-0.39, 0.29) is 11.4 Å². The number of nitrogens with one attached hydrogen (secondary N) is 1. The Morgan fingerprint density at radius 1 is 1.22 bits per heavy atom. The van der Waals surface area contributed by atoms with Gasteiger partial charge < -0.3 is 9.88 Å². The Labute approximate surface area is 160 Å². The summed E-state index contributed by atoms with van der Waals surface area (Å²) in [6.07, 6.45) is 6.09. The molecular formula is C20H30N6O. The number of nitrogens with zero attached hydrogens (tertiary/aromatic N) is 5. The van der Waals surface area contributed by atoms with Gasteiger partial charge in [-0.05, 0) is 45.7 Å². The predicted octanol–water partition coefficient (Wildman–Crippen LogP) is 1.70. The third kappa shape index (κ3) is 2.98. The number of amides is 1. The fraction of sp³-hybridized carbons (Fsp3) is 0.650. The molecule has 7 nitrogen and oxygen atoms in total. The fourth-order valence-electron chi connectivity index (χ4n) is 4.90. The first-order chi connectivity index (χ1) is 12.9. The molecule has 4 rings (SSSR count). The molecular weight excluding hydrogens is 340 g/mol. The minimum Gasteiger partial charge on any atom is -0.348 e. The Kier molecular flexibility index (Phi) is 4.58. The van der Waals surface area contributed by atoms with Crippen LogP contribution < -0.4 is 0 Å². The number of hydrogen-bond donors (Lipinski definition) is 1. The lowest BCUT2D eigenvalue weighted by molar-refractivity contribution is -0.134. The molecule has 1 saturated heterocycles. The van der Waals surface area contributed by atoms with Crippen LogP contribution in [-0.2, 0) is 30.2 Å². The Bertz CT molecular complexity index is 843. The SMILES string of the molecule is Cc1nn(C)c(C)c1CCC(=O)N1CCC2(CC1)c1nc[nH]c1CCN2C. The number of fused-ring (bicyclic) bond motifs is 2. The van der Waals surface area contributed by atoms with E-state index in [1.54, 1.807) is 0 Å². The largest absolute Gasteiger partial charge is 0.348 e. The molecule has 0 bridgehead atoms. The average Bonchev–Trinajstić information content (AvgIpc) is 3.23. The van der Waals surface area contributed by atoms with Gasteiger partial charge in [-0.15, -0.1) is 0 Å². The average molecular weight is 371 g/mol. The minimum absolute atomic E-state index is 0.0130. The Hall–Kier alpha value is -2.15. The molecule has 7 heteroatoms. The molecule has 2 aliphatic rings. The Morgan fingerprint density at radius 2 is 1.96 bits per heavy atom. The maximum absolute atomic E-state index is 12.8.